The van der Waals surface area contributed by atoms with Crippen LogP contribution in [0, 0.1) is 11.3 Å². The smallest absolute Gasteiger partial charge is 0.161 e. The lowest BCUT2D eigenvalue weighted by atomic mass is 9.99. The highest BCUT2D eigenvalue weighted by atomic mass is 31.2. The van der Waals surface area contributed by atoms with Crippen molar-refractivity contribution in [2.75, 3.05) is 13.1 Å². The zero-order valence-corrected chi connectivity index (χ0v) is 20.2. The van der Waals surface area contributed by atoms with Gasteiger partial charge in [0, 0.05) is 25.3 Å². The molecule has 2 aliphatic rings. The van der Waals surface area contributed by atoms with E-state index in [1.807, 2.05) is 54.6 Å². The average Bonchev–Trinajstić information content (AvgIpc) is 3.43. The molecule has 2 heterocycles. The Balaban J connectivity index is 2.03. The normalized spacial score (nSPS) is 17.4. The number of ketones is 1. The molecule has 0 saturated carbocycles. The summed E-state index contributed by atoms with van der Waals surface area (Å²) in [5, 5.41) is 14.4. The standard InChI is InChI=1S/C30H27N2OP/c1-23(33)30-27(24-13-5-2-6-14-24)21-28(32-19-11-12-20-32)29(22-31)34(30,25-15-7-3-8-16-25)26-17-9-4-10-18-26/h2-10,13-18,21H,11-12,19-20H2,1H3. The Morgan fingerprint density at radius 1 is 0.824 bits per heavy atom. The van der Waals surface area contributed by atoms with Crippen molar-refractivity contribution in [3.05, 3.63) is 114 Å². The van der Waals surface area contributed by atoms with Gasteiger partial charge in [-0.05, 0) is 47.6 Å². The van der Waals surface area contributed by atoms with E-state index >= 15 is 0 Å². The molecule has 0 aliphatic carbocycles. The van der Waals surface area contributed by atoms with Crippen molar-refractivity contribution in [1.29, 1.82) is 5.26 Å². The van der Waals surface area contributed by atoms with Crippen LogP contribution in [0.4, 0.5) is 0 Å². The third-order valence-corrected chi connectivity index (χ3v) is 11.1. The molecule has 0 N–H and O–H groups in total. The highest BCUT2D eigenvalue weighted by Crippen LogP contribution is 2.60. The molecular formula is C30H27N2OP. The molecule has 2 aliphatic heterocycles. The topological polar surface area (TPSA) is 44.1 Å². The Morgan fingerprint density at radius 3 is 1.79 bits per heavy atom. The fourth-order valence-electron chi connectivity index (χ4n) is 5.30. The van der Waals surface area contributed by atoms with Gasteiger partial charge in [0.1, 0.15) is 6.07 Å². The predicted molar refractivity (Wildman–Crippen MR) is 143 cm³/mol. The van der Waals surface area contributed by atoms with E-state index in [1.54, 1.807) is 6.92 Å². The minimum absolute atomic E-state index is 0.0179. The lowest BCUT2D eigenvalue weighted by molar-refractivity contribution is -0.110. The van der Waals surface area contributed by atoms with Gasteiger partial charge >= 0.3 is 0 Å². The summed E-state index contributed by atoms with van der Waals surface area (Å²) in [7, 11) is 0. The van der Waals surface area contributed by atoms with Gasteiger partial charge in [-0.2, -0.15) is 5.26 Å². The van der Waals surface area contributed by atoms with Crippen LogP contribution in [0.5, 0.6) is 0 Å². The SMILES string of the molecule is CC(=O)C1=P(c2ccccc2)(c2ccccc2)C(C#N)=C(N2CCCC2)C=C1c1ccccc1. The molecule has 3 aromatic carbocycles. The summed E-state index contributed by atoms with van der Waals surface area (Å²) in [5.74, 6) is 0.0179. The summed E-state index contributed by atoms with van der Waals surface area (Å²) in [6, 6.07) is 33.2. The van der Waals surface area contributed by atoms with Crippen molar-refractivity contribution in [1.82, 2.24) is 4.90 Å². The largest absolute Gasteiger partial charge is 0.370 e. The van der Waals surface area contributed by atoms with Crippen LogP contribution in [-0.2, 0) is 4.79 Å². The van der Waals surface area contributed by atoms with Crippen LogP contribution in [0.2, 0.25) is 0 Å². The van der Waals surface area contributed by atoms with Crippen LogP contribution in [0.3, 0.4) is 0 Å². The molecule has 0 aromatic heterocycles. The molecule has 1 saturated heterocycles. The van der Waals surface area contributed by atoms with Crippen LogP contribution in [-0.4, -0.2) is 29.1 Å². The van der Waals surface area contributed by atoms with E-state index in [0.29, 0.717) is 0 Å². The van der Waals surface area contributed by atoms with Crippen molar-refractivity contribution in [3.63, 3.8) is 0 Å². The number of nitrogens with zero attached hydrogens (tertiary/aromatic N) is 2. The van der Waals surface area contributed by atoms with Gasteiger partial charge in [-0.15, -0.1) is 0 Å². The minimum Gasteiger partial charge on any atom is -0.370 e. The number of carbonyl (C=O) groups excluding carboxylic acids is 1. The first-order valence-electron chi connectivity index (χ1n) is 11.7. The third kappa shape index (κ3) is 3.56. The van der Waals surface area contributed by atoms with E-state index in [4.69, 9.17) is 0 Å². The fraction of sp³-hybridized carbons (Fsp3) is 0.167. The average molecular weight is 463 g/mol. The number of Topliss-reactive ketones (excluding diaryl/α,β-unsaturated/α-hetero) is 1. The Hall–Kier alpha value is -3.60. The number of hydrogen-bond donors (Lipinski definition) is 0. The van der Waals surface area contributed by atoms with E-state index in [2.05, 4.69) is 53.4 Å². The fourth-order valence-corrected chi connectivity index (χ4v) is 9.82. The summed E-state index contributed by atoms with van der Waals surface area (Å²) in [4.78, 5) is 16.0. The highest BCUT2D eigenvalue weighted by Gasteiger charge is 2.41. The summed E-state index contributed by atoms with van der Waals surface area (Å²) >= 11 is 0. The van der Waals surface area contributed by atoms with Gasteiger partial charge in [-0.3, -0.25) is 4.79 Å². The third-order valence-electron chi connectivity index (χ3n) is 6.71. The van der Waals surface area contributed by atoms with Crippen molar-refractivity contribution in [2.45, 2.75) is 19.8 Å². The summed E-state index contributed by atoms with van der Waals surface area (Å²) in [6.45, 7) is 0.787. The number of rotatable bonds is 5. The molecule has 0 bridgehead atoms. The van der Waals surface area contributed by atoms with Gasteiger partial charge in [-0.25, -0.2) is 0 Å². The maximum atomic E-state index is 13.6. The Kier molecular flexibility index (Phi) is 6.10. The van der Waals surface area contributed by atoms with Crippen molar-refractivity contribution in [3.8, 4) is 6.07 Å². The molecule has 5 rings (SSSR count). The lowest BCUT2D eigenvalue weighted by Crippen LogP contribution is -2.33. The van der Waals surface area contributed by atoms with Crippen molar-refractivity contribution in [2.24, 2.45) is 0 Å². The van der Waals surface area contributed by atoms with Gasteiger partial charge in [0.25, 0.3) is 0 Å². The van der Waals surface area contributed by atoms with Crippen LogP contribution >= 0.6 is 6.89 Å². The number of allylic oxidation sites excluding steroid dienone is 3. The Bertz CT molecular complexity index is 1330. The monoisotopic (exact) mass is 462 g/mol. The number of carbonyl (C=O) groups is 1. The summed E-state index contributed by atoms with van der Waals surface area (Å²) in [5.41, 5.74) is 2.93. The van der Waals surface area contributed by atoms with Gasteiger partial charge in [0.05, 0.1) is 11.0 Å². The molecule has 4 heteroatoms. The number of likely N-dealkylation sites (tertiary alicyclic amines) is 1. The zero-order chi connectivity index (χ0) is 23.5. The van der Waals surface area contributed by atoms with Gasteiger partial charge in [-0.1, -0.05) is 91.0 Å². The first-order chi connectivity index (χ1) is 16.7. The van der Waals surface area contributed by atoms with E-state index in [9.17, 15) is 10.1 Å². The molecule has 1 fully saturated rings. The molecule has 34 heavy (non-hydrogen) atoms. The van der Waals surface area contributed by atoms with Crippen LogP contribution in [0.15, 0.2) is 108 Å². The second-order valence-corrected chi connectivity index (χ2v) is 12.0. The maximum absolute atomic E-state index is 13.6. The number of hydrogen-bond acceptors (Lipinski definition) is 3. The lowest BCUT2D eigenvalue weighted by Gasteiger charge is -2.38. The van der Waals surface area contributed by atoms with E-state index in [-0.39, 0.29) is 5.78 Å². The molecule has 0 radical (unpaired) electrons. The molecule has 0 spiro atoms. The number of benzene rings is 3. The van der Waals surface area contributed by atoms with Crippen LogP contribution in [0.1, 0.15) is 25.3 Å². The van der Waals surface area contributed by atoms with Crippen LogP contribution in [0.25, 0.3) is 5.57 Å². The molecule has 0 unspecified atom stereocenters. The first kappa shape index (κ1) is 22.2. The zero-order valence-electron chi connectivity index (χ0n) is 19.3. The molecule has 0 amide bonds. The van der Waals surface area contributed by atoms with E-state index in [1.165, 1.54) is 0 Å². The van der Waals surface area contributed by atoms with Gasteiger partial charge in [0.2, 0.25) is 0 Å². The molecule has 168 valence electrons. The van der Waals surface area contributed by atoms with E-state index in [0.717, 1.165) is 64.0 Å². The van der Waals surface area contributed by atoms with Gasteiger partial charge < -0.3 is 4.90 Å². The molecule has 0 atom stereocenters. The quantitative estimate of drug-likeness (QED) is 0.481. The molecular weight excluding hydrogens is 435 g/mol. The van der Waals surface area contributed by atoms with Crippen molar-refractivity contribution < 1.29 is 4.79 Å². The molecule has 3 nitrogen and oxygen atoms in total. The maximum Gasteiger partial charge on any atom is 0.161 e. The van der Waals surface area contributed by atoms with Crippen molar-refractivity contribution >= 4 is 34.1 Å². The summed E-state index contributed by atoms with van der Waals surface area (Å²) < 4.78 is 0. The molecule has 3 aromatic rings. The minimum atomic E-state index is -2.73. The first-order valence-corrected chi connectivity index (χ1v) is 13.5. The number of nitriles is 1. The second-order valence-electron chi connectivity index (χ2n) is 8.71. The van der Waals surface area contributed by atoms with E-state index < -0.39 is 6.89 Å². The predicted octanol–water partition coefficient (Wildman–Crippen LogP) is 5.34. The van der Waals surface area contributed by atoms with Gasteiger partial charge in [0.15, 0.2) is 5.78 Å². The Morgan fingerprint density at radius 2 is 1.32 bits per heavy atom. The van der Waals surface area contributed by atoms with Crippen LogP contribution < -0.4 is 10.6 Å². The summed E-state index contributed by atoms with van der Waals surface area (Å²) in [6.07, 6.45) is 4.34. The second kappa shape index (κ2) is 9.34. The Labute approximate surface area is 201 Å². The highest BCUT2D eigenvalue weighted by molar-refractivity contribution is 7.95.